The van der Waals surface area contributed by atoms with Gasteiger partial charge in [0.1, 0.15) is 12.4 Å². The van der Waals surface area contributed by atoms with E-state index in [1.165, 1.54) is 0 Å². The smallest absolute Gasteiger partial charge is 0.347 e. The van der Waals surface area contributed by atoms with Gasteiger partial charge in [-0.2, -0.15) is 0 Å². The van der Waals surface area contributed by atoms with Crippen molar-refractivity contribution in [1.82, 2.24) is 10.6 Å². The molecule has 0 saturated heterocycles. The summed E-state index contributed by atoms with van der Waals surface area (Å²) >= 11 is 0. The van der Waals surface area contributed by atoms with Crippen molar-refractivity contribution in [2.75, 3.05) is 13.2 Å². The maximum Gasteiger partial charge on any atom is 0.347 e. The Morgan fingerprint density at radius 1 is 1.21 bits per heavy atom. The standard InChI is InChI=1S/C20H26N2O6/c1-5-15-17(19(24)26-6-2)16(22-20(25)21-15)11-27-18(23)13(4)28-14-9-7-8-12(3)10-14/h7-10,13,15H,5-6,11H2,1-4H3,(H2,21,22,25)/t13-,15-/m0/s1. The number of esters is 2. The second-order valence-electron chi connectivity index (χ2n) is 6.36. The first-order chi connectivity index (χ1) is 13.3. The van der Waals surface area contributed by atoms with Crippen molar-refractivity contribution in [1.29, 1.82) is 0 Å². The van der Waals surface area contributed by atoms with E-state index >= 15 is 0 Å². The fraction of sp³-hybridized carbons (Fsp3) is 0.450. The van der Waals surface area contributed by atoms with Crippen molar-refractivity contribution in [3.8, 4) is 5.75 Å². The van der Waals surface area contributed by atoms with E-state index in [0.717, 1.165) is 5.56 Å². The van der Waals surface area contributed by atoms with Crippen LogP contribution in [-0.2, 0) is 19.1 Å². The maximum absolute atomic E-state index is 12.3. The molecule has 2 rings (SSSR count). The van der Waals surface area contributed by atoms with Crippen molar-refractivity contribution < 1.29 is 28.6 Å². The quantitative estimate of drug-likeness (QED) is 0.660. The van der Waals surface area contributed by atoms with Crippen molar-refractivity contribution >= 4 is 18.0 Å². The first kappa shape index (κ1) is 21.3. The van der Waals surface area contributed by atoms with Crippen LogP contribution in [0.15, 0.2) is 35.5 Å². The lowest BCUT2D eigenvalue weighted by atomic mass is 10.0. The first-order valence-electron chi connectivity index (χ1n) is 9.23. The predicted octanol–water partition coefficient (Wildman–Crippen LogP) is 2.21. The van der Waals surface area contributed by atoms with Gasteiger partial charge >= 0.3 is 18.0 Å². The van der Waals surface area contributed by atoms with Crippen LogP contribution in [0.2, 0.25) is 0 Å². The van der Waals surface area contributed by atoms with Gasteiger partial charge in [-0.3, -0.25) is 0 Å². The molecule has 8 nitrogen and oxygen atoms in total. The SMILES string of the molecule is CCOC(=O)C1=C(COC(=O)[C@H](C)Oc2cccc(C)c2)NC(=O)N[C@H]1CC. The zero-order valence-electron chi connectivity index (χ0n) is 16.5. The highest BCUT2D eigenvalue weighted by molar-refractivity contribution is 5.95. The third kappa shape index (κ3) is 5.48. The van der Waals surface area contributed by atoms with Crippen LogP contribution in [0.4, 0.5) is 4.79 Å². The van der Waals surface area contributed by atoms with Gasteiger partial charge in [-0.15, -0.1) is 0 Å². The lowest BCUT2D eigenvalue weighted by molar-refractivity contribution is -0.150. The van der Waals surface area contributed by atoms with Crippen LogP contribution in [0.25, 0.3) is 0 Å². The number of nitrogens with one attached hydrogen (secondary N) is 2. The highest BCUT2D eigenvalue weighted by atomic mass is 16.6. The molecule has 28 heavy (non-hydrogen) atoms. The summed E-state index contributed by atoms with van der Waals surface area (Å²) in [4.78, 5) is 36.4. The minimum atomic E-state index is -0.854. The third-order valence-corrected chi connectivity index (χ3v) is 4.14. The van der Waals surface area contributed by atoms with E-state index in [1.54, 1.807) is 19.9 Å². The van der Waals surface area contributed by atoms with Crippen LogP contribution in [0.1, 0.15) is 32.8 Å². The molecular formula is C20H26N2O6. The lowest BCUT2D eigenvalue weighted by Gasteiger charge is -2.28. The highest BCUT2D eigenvalue weighted by Crippen LogP contribution is 2.18. The number of aryl methyl sites for hydroxylation is 1. The Hall–Kier alpha value is -3.03. The van der Waals surface area contributed by atoms with E-state index in [-0.39, 0.29) is 24.5 Å². The molecule has 152 valence electrons. The molecule has 0 unspecified atom stereocenters. The van der Waals surface area contributed by atoms with Gasteiger partial charge in [0.15, 0.2) is 6.10 Å². The molecule has 2 amide bonds. The number of hydrogen-bond donors (Lipinski definition) is 2. The number of carbonyl (C=O) groups excluding carboxylic acids is 3. The molecule has 0 spiro atoms. The Balaban J connectivity index is 2.08. The molecule has 1 heterocycles. The lowest BCUT2D eigenvalue weighted by Crippen LogP contribution is -2.51. The molecule has 0 radical (unpaired) electrons. The summed E-state index contributed by atoms with van der Waals surface area (Å²) in [5.74, 6) is -0.618. The third-order valence-electron chi connectivity index (χ3n) is 4.14. The van der Waals surface area contributed by atoms with Gasteiger partial charge in [0.2, 0.25) is 0 Å². The normalized spacial score (nSPS) is 17.3. The van der Waals surface area contributed by atoms with Gasteiger partial charge in [-0.1, -0.05) is 19.1 Å². The summed E-state index contributed by atoms with van der Waals surface area (Å²) < 4.78 is 15.9. The van der Waals surface area contributed by atoms with E-state index in [4.69, 9.17) is 14.2 Å². The molecule has 8 heteroatoms. The van der Waals surface area contributed by atoms with Gasteiger partial charge in [0, 0.05) is 0 Å². The predicted molar refractivity (Wildman–Crippen MR) is 102 cm³/mol. The Morgan fingerprint density at radius 3 is 2.61 bits per heavy atom. The van der Waals surface area contributed by atoms with Gasteiger partial charge in [0.25, 0.3) is 0 Å². The average Bonchev–Trinajstić information content (AvgIpc) is 2.65. The van der Waals surface area contributed by atoms with E-state index in [2.05, 4.69) is 10.6 Å². The van der Waals surface area contributed by atoms with Crippen molar-refractivity contribution in [2.45, 2.75) is 46.3 Å². The number of hydrogen-bond acceptors (Lipinski definition) is 6. The average molecular weight is 390 g/mol. The highest BCUT2D eigenvalue weighted by Gasteiger charge is 2.32. The zero-order chi connectivity index (χ0) is 20.7. The molecule has 1 aliphatic heterocycles. The topological polar surface area (TPSA) is 103 Å². The molecule has 1 aromatic rings. The Bertz CT molecular complexity index is 774. The molecule has 0 aromatic heterocycles. The monoisotopic (exact) mass is 390 g/mol. The zero-order valence-corrected chi connectivity index (χ0v) is 16.5. The molecule has 1 aliphatic rings. The number of urea groups is 1. The van der Waals surface area contributed by atoms with E-state index in [1.807, 2.05) is 32.0 Å². The summed E-state index contributed by atoms with van der Waals surface area (Å²) in [6.45, 7) is 6.94. The number of benzene rings is 1. The minimum Gasteiger partial charge on any atom is -0.479 e. The summed E-state index contributed by atoms with van der Waals surface area (Å²) in [5.41, 5.74) is 1.47. The van der Waals surface area contributed by atoms with E-state index in [0.29, 0.717) is 12.2 Å². The number of amides is 2. The first-order valence-corrected chi connectivity index (χ1v) is 9.23. The van der Waals surface area contributed by atoms with E-state index < -0.39 is 30.1 Å². The van der Waals surface area contributed by atoms with E-state index in [9.17, 15) is 14.4 Å². The number of rotatable bonds is 8. The molecule has 2 N–H and O–H groups in total. The Labute approximate surface area is 164 Å². The van der Waals surface area contributed by atoms with Crippen molar-refractivity contribution in [3.05, 3.63) is 41.1 Å². The molecule has 0 aliphatic carbocycles. The van der Waals surface area contributed by atoms with Crippen LogP contribution >= 0.6 is 0 Å². The van der Waals surface area contributed by atoms with Gasteiger partial charge in [0.05, 0.1) is 23.9 Å². The molecular weight excluding hydrogens is 364 g/mol. The fourth-order valence-corrected chi connectivity index (χ4v) is 2.78. The summed E-state index contributed by atoms with van der Waals surface area (Å²) in [6, 6.07) is 6.33. The maximum atomic E-state index is 12.3. The Morgan fingerprint density at radius 2 is 1.96 bits per heavy atom. The van der Waals surface area contributed by atoms with Gasteiger partial charge in [-0.05, 0) is 44.9 Å². The van der Waals surface area contributed by atoms with Gasteiger partial charge < -0.3 is 24.8 Å². The van der Waals surface area contributed by atoms with Crippen molar-refractivity contribution in [2.24, 2.45) is 0 Å². The molecule has 2 atom stereocenters. The second-order valence-corrected chi connectivity index (χ2v) is 6.36. The van der Waals surface area contributed by atoms with Crippen LogP contribution in [-0.4, -0.2) is 43.3 Å². The van der Waals surface area contributed by atoms with Crippen LogP contribution in [0.5, 0.6) is 5.75 Å². The summed E-state index contributed by atoms with van der Waals surface area (Å²) in [5, 5.41) is 5.19. The second kappa shape index (κ2) is 9.77. The fourth-order valence-electron chi connectivity index (χ4n) is 2.78. The summed E-state index contributed by atoms with van der Waals surface area (Å²) in [7, 11) is 0. The molecule has 1 aromatic carbocycles. The molecule has 0 saturated carbocycles. The van der Waals surface area contributed by atoms with Crippen LogP contribution in [0.3, 0.4) is 0 Å². The van der Waals surface area contributed by atoms with Crippen LogP contribution < -0.4 is 15.4 Å². The van der Waals surface area contributed by atoms with Crippen LogP contribution in [0, 0.1) is 6.92 Å². The minimum absolute atomic E-state index is 0.196. The molecule has 0 fully saturated rings. The largest absolute Gasteiger partial charge is 0.479 e. The van der Waals surface area contributed by atoms with Crippen molar-refractivity contribution in [3.63, 3.8) is 0 Å². The van der Waals surface area contributed by atoms with Gasteiger partial charge in [-0.25, -0.2) is 14.4 Å². The molecule has 0 bridgehead atoms. The number of ether oxygens (including phenoxy) is 3. The Kier molecular flexibility index (Phi) is 7.43. The number of carbonyl (C=O) groups is 3. The summed E-state index contributed by atoms with van der Waals surface area (Å²) in [6.07, 6.45) is -0.362.